The fraction of sp³-hybridized carbons (Fsp3) is 0.381. The molecule has 3 unspecified atom stereocenters. The summed E-state index contributed by atoms with van der Waals surface area (Å²) in [6, 6.07) is 16.1. The Morgan fingerprint density at radius 2 is 1.93 bits per heavy atom. The third kappa shape index (κ3) is 5.99. The lowest BCUT2D eigenvalue weighted by Gasteiger charge is -2.23. The van der Waals surface area contributed by atoms with E-state index in [0.29, 0.717) is 16.0 Å². The summed E-state index contributed by atoms with van der Waals surface area (Å²) in [4.78, 5) is 4.35. The van der Waals surface area contributed by atoms with Gasteiger partial charge in [0.05, 0.1) is 22.2 Å². The van der Waals surface area contributed by atoms with Crippen LogP contribution in [0.15, 0.2) is 53.5 Å². The number of guanidine groups is 1. The van der Waals surface area contributed by atoms with Gasteiger partial charge in [0.1, 0.15) is 0 Å². The van der Waals surface area contributed by atoms with Crippen molar-refractivity contribution in [2.45, 2.75) is 25.5 Å². The lowest BCUT2D eigenvalue weighted by molar-refractivity contribution is 0.0915. The van der Waals surface area contributed by atoms with Crippen LogP contribution in [0.1, 0.15) is 36.6 Å². The predicted molar refractivity (Wildman–Crippen MR) is 128 cm³/mol. The van der Waals surface area contributed by atoms with Crippen LogP contribution < -0.4 is 10.6 Å². The highest BCUT2D eigenvalue weighted by Gasteiger charge is 2.29. The molecule has 4 nitrogen and oxygen atoms in total. The molecule has 1 aliphatic heterocycles. The maximum absolute atomic E-state index is 6.13. The van der Waals surface area contributed by atoms with Crippen molar-refractivity contribution in [1.82, 2.24) is 10.6 Å². The summed E-state index contributed by atoms with van der Waals surface area (Å²) in [6.45, 7) is 3.66. The van der Waals surface area contributed by atoms with Gasteiger partial charge in [-0.3, -0.25) is 4.99 Å². The van der Waals surface area contributed by atoms with Crippen molar-refractivity contribution < 1.29 is 4.74 Å². The zero-order chi connectivity index (χ0) is 19.2. The number of rotatable bonds is 5. The second-order valence-corrected chi connectivity index (χ2v) is 7.56. The van der Waals surface area contributed by atoms with Crippen LogP contribution in [0.25, 0.3) is 0 Å². The van der Waals surface area contributed by atoms with Crippen LogP contribution in [0.3, 0.4) is 0 Å². The minimum Gasteiger partial charge on any atom is -0.373 e. The summed E-state index contributed by atoms with van der Waals surface area (Å²) < 4.78 is 5.96. The van der Waals surface area contributed by atoms with Crippen molar-refractivity contribution in [3.05, 3.63) is 69.7 Å². The van der Waals surface area contributed by atoms with Gasteiger partial charge in [-0.15, -0.1) is 24.0 Å². The minimum atomic E-state index is 0. The summed E-state index contributed by atoms with van der Waals surface area (Å²) in [5.41, 5.74) is 2.28. The highest BCUT2D eigenvalue weighted by Crippen LogP contribution is 2.33. The molecule has 152 valence electrons. The van der Waals surface area contributed by atoms with Crippen LogP contribution in [0.4, 0.5) is 0 Å². The Hall–Kier alpha value is -1.02. The van der Waals surface area contributed by atoms with Crippen LogP contribution >= 0.6 is 47.2 Å². The van der Waals surface area contributed by atoms with E-state index in [4.69, 9.17) is 27.9 Å². The van der Waals surface area contributed by atoms with Gasteiger partial charge in [-0.25, -0.2) is 0 Å². The van der Waals surface area contributed by atoms with Gasteiger partial charge in [0.15, 0.2) is 5.96 Å². The first-order chi connectivity index (χ1) is 13.1. The maximum atomic E-state index is 6.13. The summed E-state index contributed by atoms with van der Waals surface area (Å²) in [6.07, 6.45) is 1.16. The molecular weight excluding hydrogens is 508 g/mol. The SMILES string of the molecule is CN=C(NCC1CCOC1c1ccccc1)NC(C)c1ccc(Cl)c(Cl)c1.I. The highest BCUT2D eigenvalue weighted by atomic mass is 127. The molecule has 0 spiro atoms. The first-order valence-corrected chi connectivity index (χ1v) is 9.92. The summed E-state index contributed by atoms with van der Waals surface area (Å²) in [7, 11) is 1.77. The van der Waals surface area contributed by atoms with Crippen molar-refractivity contribution in [3.63, 3.8) is 0 Å². The molecule has 2 aromatic carbocycles. The van der Waals surface area contributed by atoms with Gasteiger partial charge in [-0.2, -0.15) is 0 Å². The van der Waals surface area contributed by atoms with Crippen molar-refractivity contribution >= 4 is 53.1 Å². The van der Waals surface area contributed by atoms with Crippen LogP contribution in [-0.4, -0.2) is 26.2 Å². The van der Waals surface area contributed by atoms with E-state index in [0.717, 1.165) is 31.1 Å². The Morgan fingerprint density at radius 1 is 1.18 bits per heavy atom. The molecule has 0 radical (unpaired) electrons. The van der Waals surface area contributed by atoms with Gasteiger partial charge in [-0.1, -0.05) is 59.6 Å². The number of aliphatic imine (C=N–C) groups is 1. The average molecular weight is 534 g/mol. The summed E-state index contributed by atoms with van der Waals surface area (Å²) in [5.74, 6) is 1.17. The standard InChI is InChI=1S/C21H25Cl2N3O.HI/c1-14(16-8-9-18(22)19(23)12-16)26-21(24-2)25-13-17-10-11-27-20(17)15-6-4-3-5-7-15;/h3-9,12,14,17,20H,10-11,13H2,1-2H3,(H2,24,25,26);1H. The van der Waals surface area contributed by atoms with E-state index < -0.39 is 0 Å². The smallest absolute Gasteiger partial charge is 0.191 e. The monoisotopic (exact) mass is 533 g/mol. The Balaban J connectivity index is 0.00000280. The first-order valence-electron chi connectivity index (χ1n) is 9.17. The highest BCUT2D eigenvalue weighted by molar-refractivity contribution is 14.0. The molecular formula is C21H26Cl2IN3O. The Labute approximate surface area is 194 Å². The third-order valence-corrected chi connectivity index (χ3v) is 5.63. The number of ether oxygens (including phenoxy) is 1. The number of nitrogens with zero attached hydrogens (tertiary/aromatic N) is 1. The molecule has 3 rings (SSSR count). The van der Waals surface area contributed by atoms with Crippen molar-refractivity contribution in [2.24, 2.45) is 10.9 Å². The molecule has 1 saturated heterocycles. The zero-order valence-electron chi connectivity index (χ0n) is 16.0. The number of hydrogen-bond acceptors (Lipinski definition) is 2. The van der Waals surface area contributed by atoms with Gasteiger partial charge in [0.25, 0.3) is 0 Å². The number of benzene rings is 2. The number of hydrogen-bond donors (Lipinski definition) is 2. The van der Waals surface area contributed by atoms with Gasteiger partial charge in [0.2, 0.25) is 0 Å². The van der Waals surface area contributed by atoms with E-state index >= 15 is 0 Å². The Kier molecular flexibility index (Phi) is 9.34. The molecule has 0 aliphatic carbocycles. The van der Waals surface area contributed by atoms with Crippen LogP contribution in [0.2, 0.25) is 10.0 Å². The molecule has 28 heavy (non-hydrogen) atoms. The van der Waals surface area contributed by atoms with Gasteiger partial charge >= 0.3 is 0 Å². The third-order valence-electron chi connectivity index (χ3n) is 4.89. The first kappa shape index (κ1) is 23.3. The van der Waals surface area contributed by atoms with Gasteiger partial charge in [-0.05, 0) is 36.6 Å². The van der Waals surface area contributed by atoms with Gasteiger partial charge in [0, 0.05) is 26.1 Å². The topological polar surface area (TPSA) is 45.7 Å². The molecule has 1 heterocycles. The summed E-state index contributed by atoms with van der Waals surface area (Å²) in [5, 5.41) is 7.96. The fourth-order valence-electron chi connectivity index (χ4n) is 3.35. The number of halogens is 3. The zero-order valence-corrected chi connectivity index (χ0v) is 19.8. The Morgan fingerprint density at radius 3 is 2.61 bits per heavy atom. The van der Waals surface area contributed by atoms with E-state index in [-0.39, 0.29) is 36.1 Å². The predicted octanol–water partition coefficient (Wildman–Crippen LogP) is 5.62. The van der Waals surface area contributed by atoms with Crippen molar-refractivity contribution in [1.29, 1.82) is 0 Å². The van der Waals surface area contributed by atoms with Crippen molar-refractivity contribution in [2.75, 3.05) is 20.2 Å². The van der Waals surface area contributed by atoms with E-state index in [9.17, 15) is 0 Å². The molecule has 0 aromatic heterocycles. The quantitative estimate of drug-likeness (QED) is 0.298. The molecule has 0 bridgehead atoms. The molecule has 3 atom stereocenters. The van der Waals surface area contributed by atoms with E-state index in [1.807, 2.05) is 24.3 Å². The average Bonchev–Trinajstić information content (AvgIpc) is 3.16. The van der Waals surface area contributed by atoms with E-state index in [1.54, 1.807) is 7.05 Å². The molecule has 2 N–H and O–H groups in total. The fourth-order valence-corrected chi connectivity index (χ4v) is 3.65. The van der Waals surface area contributed by atoms with Crippen molar-refractivity contribution in [3.8, 4) is 0 Å². The molecule has 1 fully saturated rings. The minimum absolute atomic E-state index is 0. The number of nitrogens with one attached hydrogen (secondary N) is 2. The summed E-state index contributed by atoms with van der Waals surface area (Å²) >= 11 is 12.1. The van der Waals surface area contributed by atoms with Crippen LogP contribution in [0.5, 0.6) is 0 Å². The largest absolute Gasteiger partial charge is 0.373 e. The van der Waals surface area contributed by atoms with Gasteiger partial charge < -0.3 is 15.4 Å². The second kappa shape index (κ2) is 11.2. The molecule has 0 amide bonds. The van der Waals surface area contributed by atoms with E-state index in [1.165, 1.54) is 5.56 Å². The van der Waals surface area contributed by atoms with Crippen LogP contribution in [0, 0.1) is 5.92 Å². The molecule has 0 saturated carbocycles. The molecule has 1 aliphatic rings. The maximum Gasteiger partial charge on any atom is 0.191 e. The lowest BCUT2D eigenvalue weighted by atomic mass is 9.95. The van der Waals surface area contributed by atoms with E-state index in [2.05, 4.69) is 46.8 Å². The normalized spacial score (nSPS) is 20.4. The Bertz CT molecular complexity index is 788. The second-order valence-electron chi connectivity index (χ2n) is 6.74. The molecule has 2 aromatic rings. The van der Waals surface area contributed by atoms with Crippen LogP contribution in [-0.2, 0) is 4.74 Å². The lowest BCUT2D eigenvalue weighted by Crippen LogP contribution is -2.41. The molecule has 7 heteroatoms.